The zero-order valence-electron chi connectivity index (χ0n) is 20.8. The van der Waals surface area contributed by atoms with Crippen molar-refractivity contribution in [1.82, 2.24) is 14.7 Å². The smallest absolute Gasteiger partial charge is 0.253 e. The fourth-order valence-electron chi connectivity index (χ4n) is 4.37. The van der Waals surface area contributed by atoms with Gasteiger partial charge in [-0.2, -0.15) is 5.10 Å². The van der Waals surface area contributed by atoms with Gasteiger partial charge in [0.15, 0.2) is 11.6 Å². The van der Waals surface area contributed by atoms with Crippen LogP contribution in [0.4, 0.5) is 10.2 Å². The molecule has 2 atom stereocenters. The van der Waals surface area contributed by atoms with Crippen molar-refractivity contribution in [3.8, 4) is 5.75 Å². The molecule has 3 aromatic rings. The van der Waals surface area contributed by atoms with E-state index in [0.717, 1.165) is 0 Å². The summed E-state index contributed by atoms with van der Waals surface area (Å²) in [5.74, 6) is -1.03. The highest BCUT2D eigenvalue weighted by Gasteiger charge is 2.36. The lowest BCUT2D eigenvalue weighted by Gasteiger charge is -2.27. The van der Waals surface area contributed by atoms with E-state index in [9.17, 15) is 14.0 Å². The van der Waals surface area contributed by atoms with E-state index in [0.29, 0.717) is 41.1 Å². The molecule has 0 spiro atoms. The van der Waals surface area contributed by atoms with Gasteiger partial charge in [0.1, 0.15) is 29.5 Å². The van der Waals surface area contributed by atoms with Crippen molar-refractivity contribution in [2.75, 3.05) is 18.5 Å². The highest BCUT2D eigenvalue weighted by molar-refractivity contribution is 6.32. The number of ether oxygens (including phenoxy) is 3. The third kappa shape index (κ3) is 5.88. The van der Waals surface area contributed by atoms with Gasteiger partial charge in [0.05, 0.1) is 24.7 Å². The Kier molecular flexibility index (Phi) is 7.20. The number of hydrogen-bond acceptors (Lipinski definition) is 6. The third-order valence-electron chi connectivity index (χ3n) is 6.07. The SMILES string of the molecule is CC1(C)OC[C@@H](Cn2ccc(NC(=O)C(c3ccc(F)cc3)N3CC(Oc4ccccc4Cl)=CC3=O)n2)O1. The monoisotopic (exact) mass is 540 g/mol. The molecule has 0 radical (unpaired) electrons. The van der Waals surface area contributed by atoms with Crippen molar-refractivity contribution < 1.29 is 28.2 Å². The van der Waals surface area contributed by atoms with Gasteiger partial charge in [0, 0.05) is 18.3 Å². The standard InChI is InChI=1S/C27H26ClFN4O5/c1-27(2)36-16-20(38-27)14-32-12-11-23(31-32)30-26(35)25(17-7-9-18(29)10-8-17)33-15-19(13-24(33)34)37-22-6-4-3-5-21(22)28/h3-13,20,25H,14-16H2,1-2H3,(H,30,31,35)/t20-,25?/m1/s1. The molecular weight excluding hydrogens is 515 g/mol. The molecule has 0 bridgehead atoms. The molecule has 1 N–H and O–H groups in total. The van der Waals surface area contributed by atoms with Gasteiger partial charge in [0.2, 0.25) is 0 Å². The summed E-state index contributed by atoms with van der Waals surface area (Å²) >= 11 is 6.18. The number of nitrogens with one attached hydrogen (secondary N) is 1. The predicted molar refractivity (Wildman–Crippen MR) is 137 cm³/mol. The van der Waals surface area contributed by atoms with Gasteiger partial charge in [-0.3, -0.25) is 14.3 Å². The Morgan fingerprint density at radius 1 is 1.24 bits per heavy atom. The number of rotatable bonds is 8. The van der Waals surface area contributed by atoms with E-state index in [-0.39, 0.29) is 12.6 Å². The van der Waals surface area contributed by atoms with Gasteiger partial charge in [0.25, 0.3) is 11.8 Å². The number of benzene rings is 2. The number of carbonyl (C=O) groups is 2. The van der Waals surface area contributed by atoms with Crippen LogP contribution in [0.5, 0.6) is 5.75 Å². The van der Waals surface area contributed by atoms with Crippen molar-refractivity contribution in [2.45, 2.75) is 38.3 Å². The maximum absolute atomic E-state index is 13.7. The van der Waals surface area contributed by atoms with Gasteiger partial charge < -0.3 is 24.4 Å². The Morgan fingerprint density at radius 3 is 2.71 bits per heavy atom. The molecule has 1 aromatic heterocycles. The van der Waals surface area contributed by atoms with E-state index < -0.39 is 29.5 Å². The van der Waals surface area contributed by atoms with Crippen LogP contribution in [0.2, 0.25) is 5.02 Å². The Balaban J connectivity index is 1.32. The maximum Gasteiger partial charge on any atom is 0.253 e. The fraction of sp³-hybridized carbons (Fsp3) is 0.296. The van der Waals surface area contributed by atoms with Crippen LogP contribution in [-0.2, 0) is 25.6 Å². The van der Waals surface area contributed by atoms with Crippen LogP contribution in [0, 0.1) is 5.82 Å². The third-order valence-corrected chi connectivity index (χ3v) is 6.38. The van der Waals surface area contributed by atoms with Crippen molar-refractivity contribution in [1.29, 1.82) is 0 Å². The van der Waals surface area contributed by atoms with Gasteiger partial charge >= 0.3 is 0 Å². The predicted octanol–water partition coefficient (Wildman–Crippen LogP) is 4.31. The summed E-state index contributed by atoms with van der Waals surface area (Å²) in [7, 11) is 0. The topological polar surface area (TPSA) is 94.9 Å². The highest BCUT2D eigenvalue weighted by Crippen LogP contribution is 2.31. The minimum absolute atomic E-state index is 0.0166. The maximum atomic E-state index is 13.7. The minimum atomic E-state index is -1.07. The Labute approximate surface area is 223 Å². The summed E-state index contributed by atoms with van der Waals surface area (Å²) in [6.07, 6.45) is 2.85. The Bertz CT molecular complexity index is 1370. The van der Waals surface area contributed by atoms with Crippen LogP contribution in [0.1, 0.15) is 25.5 Å². The normalized spacial score (nSPS) is 19.4. The second-order valence-electron chi connectivity index (χ2n) is 9.43. The number of para-hydroxylation sites is 1. The first kappa shape index (κ1) is 25.9. The number of anilines is 1. The first-order valence-electron chi connectivity index (χ1n) is 12.0. The van der Waals surface area contributed by atoms with Crippen LogP contribution < -0.4 is 10.1 Å². The van der Waals surface area contributed by atoms with Gasteiger partial charge in [-0.1, -0.05) is 35.9 Å². The highest BCUT2D eigenvalue weighted by atomic mass is 35.5. The molecule has 1 unspecified atom stereocenters. The molecule has 2 aliphatic rings. The Hall–Kier alpha value is -3.73. The molecular formula is C27H26ClFN4O5. The summed E-state index contributed by atoms with van der Waals surface area (Å²) in [6.45, 7) is 4.58. The average Bonchev–Trinajstić information content (AvgIpc) is 3.55. The molecule has 9 nitrogen and oxygen atoms in total. The lowest BCUT2D eigenvalue weighted by Crippen LogP contribution is -2.39. The van der Waals surface area contributed by atoms with Crippen molar-refractivity contribution in [3.63, 3.8) is 0 Å². The van der Waals surface area contributed by atoms with Gasteiger partial charge in [-0.25, -0.2) is 4.39 Å². The Morgan fingerprint density at radius 2 is 2.00 bits per heavy atom. The summed E-state index contributed by atoms with van der Waals surface area (Å²) in [5, 5.41) is 7.57. The molecule has 0 saturated carbocycles. The fourth-order valence-corrected chi connectivity index (χ4v) is 4.54. The van der Waals surface area contributed by atoms with Gasteiger partial charge in [-0.05, 0) is 43.7 Å². The molecule has 5 rings (SSSR count). The molecule has 38 heavy (non-hydrogen) atoms. The number of aromatic nitrogens is 2. The van der Waals surface area contributed by atoms with Crippen LogP contribution in [0.3, 0.4) is 0 Å². The van der Waals surface area contributed by atoms with Crippen molar-refractivity contribution in [3.05, 3.63) is 89.0 Å². The summed E-state index contributed by atoms with van der Waals surface area (Å²) in [4.78, 5) is 27.8. The zero-order chi connectivity index (χ0) is 26.9. The number of amides is 2. The van der Waals surface area contributed by atoms with E-state index in [1.807, 2.05) is 13.8 Å². The summed E-state index contributed by atoms with van der Waals surface area (Å²) in [6, 6.07) is 12.9. The van der Waals surface area contributed by atoms with Crippen LogP contribution in [-0.4, -0.2) is 51.5 Å². The molecule has 0 aliphatic carbocycles. The number of carbonyl (C=O) groups excluding carboxylic acids is 2. The average molecular weight is 541 g/mol. The molecule has 3 heterocycles. The largest absolute Gasteiger partial charge is 0.458 e. The molecule has 11 heteroatoms. The van der Waals surface area contributed by atoms with Crippen molar-refractivity contribution >= 4 is 29.2 Å². The molecule has 1 saturated heterocycles. The number of nitrogens with zero attached hydrogens (tertiary/aromatic N) is 3. The molecule has 1 fully saturated rings. The van der Waals surface area contributed by atoms with Crippen molar-refractivity contribution in [2.24, 2.45) is 0 Å². The molecule has 198 valence electrons. The molecule has 2 amide bonds. The second-order valence-corrected chi connectivity index (χ2v) is 9.83. The second kappa shape index (κ2) is 10.6. The zero-order valence-corrected chi connectivity index (χ0v) is 21.5. The van der Waals surface area contributed by atoms with Crippen LogP contribution >= 0.6 is 11.6 Å². The number of halogens is 2. The number of hydrogen-bond donors (Lipinski definition) is 1. The van der Waals surface area contributed by atoms with Gasteiger partial charge in [-0.15, -0.1) is 0 Å². The van der Waals surface area contributed by atoms with E-state index >= 15 is 0 Å². The summed E-state index contributed by atoms with van der Waals surface area (Å²) < 4.78 is 32.5. The molecule has 2 aromatic carbocycles. The lowest BCUT2D eigenvalue weighted by molar-refractivity contribution is -0.139. The van der Waals surface area contributed by atoms with E-state index in [4.69, 9.17) is 25.8 Å². The first-order chi connectivity index (χ1) is 18.2. The quantitative estimate of drug-likeness (QED) is 0.457. The van der Waals surface area contributed by atoms with E-state index in [1.54, 1.807) is 41.2 Å². The van der Waals surface area contributed by atoms with E-state index in [2.05, 4.69) is 10.4 Å². The van der Waals surface area contributed by atoms with Crippen LogP contribution in [0.15, 0.2) is 72.6 Å². The van der Waals surface area contributed by atoms with Crippen LogP contribution in [0.25, 0.3) is 0 Å². The van der Waals surface area contributed by atoms with E-state index in [1.165, 1.54) is 35.2 Å². The lowest BCUT2D eigenvalue weighted by atomic mass is 10.0. The summed E-state index contributed by atoms with van der Waals surface area (Å²) in [5.41, 5.74) is 0.433. The first-order valence-corrected chi connectivity index (χ1v) is 12.4. The molecule has 2 aliphatic heterocycles. The minimum Gasteiger partial charge on any atom is -0.458 e.